The maximum atomic E-state index is 14.2. The number of nitrogens with zero attached hydrogens (tertiary/aromatic N) is 3. The molecule has 2 aromatic rings. The maximum Gasteiger partial charge on any atom is 0.407 e. The minimum absolute atomic E-state index is 0.0486. The molecule has 57 heavy (non-hydrogen) atoms. The number of ether oxygens (including phenoxy) is 5. The van der Waals surface area contributed by atoms with Crippen LogP contribution in [0, 0.1) is 5.92 Å². The second-order valence-electron chi connectivity index (χ2n) is 15.2. The topological polar surface area (TPSA) is 195 Å². The van der Waals surface area contributed by atoms with E-state index in [-0.39, 0.29) is 36.0 Å². The van der Waals surface area contributed by atoms with Gasteiger partial charge in [-0.05, 0) is 71.4 Å². The number of aromatic nitrogens is 1. The molecule has 2 aliphatic rings. The highest BCUT2D eigenvalue weighted by Crippen LogP contribution is 2.36. The molecule has 4 rings (SSSR count). The van der Waals surface area contributed by atoms with E-state index < -0.39 is 35.8 Å². The zero-order valence-electron chi connectivity index (χ0n) is 33.8. The van der Waals surface area contributed by atoms with Crippen molar-refractivity contribution < 1.29 is 52.8 Å². The Morgan fingerprint density at radius 1 is 0.947 bits per heavy atom. The number of hydrogen-bond acceptors (Lipinski definition) is 12. The first kappa shape index (κ1) is 45.4. The minimum Gasteiger partial charge on any atom is -0.491 e. The van der Waals surface area contributed by atoms with Crippen LogP contribution in [-0.2, 0) is 28.5 Å². The third kappa shape index (κ3) is 14.5. The second-order valence-corrected chi connectivity index (χ2v) is 16.1. The molecule has 1 aliphatic carbocycles. The summed E-state index contributed by atoms with van der Waals surface area (Å²) in [5, 5.41) is 17.3. The summed E-state index contributed by atoms with van der Waals surface area (Å²) in [5.41, 5.74) is 0.150. The van der Waals surface area contributed by atoms with Gasteiger partial charge in [0.25, 0.3) is 0 Å². The van der Waals surface area contributed by atoms with Gasteiger partial charge in [0, 0.05) is 31.1 Å². The number of carbonyl (C=O) groups is 5. The molecule has 0 unspecified atom stereocenters. The van der Waals surface area contributed by atoms with Crippen LogP contribution >= 0.6 is 11.3 Å². The summed E-state index contributed by atoms with van der Waals surface area (Å²) in [6.07, 6.45) is 4.33. The van der Waals surface area contributed by atoms with Crippen molar-refractivity contribution in [3.05, 3.63) is 45.9 Å². The average molecular weight is 818 g/mol. The SMILES string of the molecule is C[C@@H](C(=O)N[C@H](C(=O)N1CCC[C@H]1c1nc(C(=O)c2cccc(OCCOCCOCCOCCNC(=O)OC(C)(C)C)c2)cs1)C1CCCCC1)N(C)C(=O)O. The molecule has 0 spiro atoms. The third-order valence-corrected chi connectivity index (χ3v) is 10.7. The predicted molar refractivity (Wildman–Crippen MR) is 212 cm³/mol. The van der Waals surface area contributed by atoms with Gasteiger partial charge in [0.2, 0.25) is 17.6 Å². The number of thiazole rings is 1. The molecule has 16 nitrogen and oxygen atoms in total. The number of hydrogen-bond donors (Lipinski definition) is 3. The lowest BCUT2D eigenvalue weighted by atomic mass is 9.83. The first-order chi connectivity index (χ1) is 27.2. The molecule has 1 aromatic carbocycles. The quantitative estimate of drug-likeness (QED) is 0.112. The number of amides is 4. The van der Waals surface area contributed by atoms with Gasteiger partial charge in [-0.1, -0.05) is 31.4 Å². The molecule has 0 bridgehead atoms. The van der Waals surface area contributed by atoms with Crippen LogP contribution in [0.1, 0.15) is 99.7 Å². The number of nitrogens with one attached hydrogen (secondary N) is 2. The standard InChI is InChI=1S/C40H59N5O11S/c1-27(44(5)39(50)51)35(47)43-33(28-11-7-6-8-12-28)37(48)45-17-10-15-32(45)36-42-31(26-57-36)34(46)29-13-9-14-30(25-29)55-24-23-54-22-21-53-20-19-52-18-16-41-38(49)56-40(2,3)4/h9,13-14,25-28,32-33H,6-8,10-12,15-24H2,1-5H3,(H,41,49)(H,43,47)(H,50,51)/t27-,32-,33-/m0/s1. The normalized spacial score (nSPS) is 17.1. The Morgan fingerprint density at radius 2 is 1.61 bits per heavy atom. The Kier molecular flexibility index (Phi) is 18.0. The average Bonchev–Trinajstić information content (AvgIpc) is 3.88. The molecule has 1 aromatic heterocycles. The number of carboxylic acid groups (broad SMARTS) is 1. The van der Waals surface area contributed by atoms with Gasteiger partial charge in [-0.25, -0.2) is 14.6 Å². The molecular weight excluding hydrogens is 759 g/mol. The van der Waals surface area contributed by atoms with Crippen molar-refractivity contribution in [1.82, 2.24) is 25.4 Å². The number of rotatable bonds is 21. The molecule has 0 radical (unpaired) electrons. The van der Waals surface area contributed by atoms with E-state index in [1.807, 2.05) is 0 Å². The minimum atomic E-state index is -1.22. The number of ketones is 1. The largest absolute Gasteiger partial charge is 0.491 e. The van der Waals surface area contributed by atoms with Crippen molar-refractivity contribution in [2.45, 2.75) is 96.4 Å². The van der Waals surface area contributed by atoms with Crippen molar-refractivity contribution in [3.8, 4) is 5.75 Å². The molecule has 316 valence electrons. The molecular formula is C40H59N5O11S. The highest BCUT2D eigenvalue weighted by atomic mass is 32.1. The fraction of sp³-hybridized carbons (Fsp3) is 0.650. The summed E-state index contributed by atoms with van der Waals surface area (Å²) in [5.74, 6) is -0.498. The van der Waals surface area contributed by atoms with Crippen LogP contribution in [0.15, 0.2) is 29.6 Å². The second kappa shape index (κ2) is 22.6. The van der Waals surface area contributed by atoms with Gasteiger partial charge in [0.1, 0.15) is 40.7 Å². The Hall–Kier alpha value is -4.32. The van der Waals surface area contributed by atoms with Crippen LogP contribution in [-0.4, -0.2) is 134 Å². The smallest absolute Gasteiger partial charge is 0.407 e. The van der Waals surface area contributed by atoms with Gasteiger partial charge < -0.3 is 44.3 Å². The fourth-order valence-corrected chi connectivity index (χ4v) is 7.60. The summed E-state index contributed by atoms with van der Waals surface area (Å²) in [6.45, 7) is 10.2. The summed E-state index contributed by atoms with van der Waals surface area (Å²) in [4.78, 5) is 71.4. The molecule has 3 N–H and O–H groups in total. The van der Waals surface area contributed by atoms with E-state index in [2.05, 4.69) is 10.6 Å². The Morgan fingerprint density at radius 3 is 2.28 bits per heavy atom. The van der Waals surface area contributed by atoms with E-state index in [4.69, 9.17) is 28.7 Å². The van der Waals surface area contributed by atoms with E-state index in [1.54, 1.807) is 55.3 Å². The van der Waals surface area contributed by atoms with Crippen LogP contribution in [0.2, 0.25) is 0 Å². The zero-order valence-corrected chi connectivity index (χ0v) is 34.6. The van der Waals surface area contributed by atoms with Crippen LogP contribution in [0.5, 0.6) is 5.75 Å². The van der Waals surface area contributed by atoms with E-state index >= 15 is 0 Å². The molecule has 1 saturated heterocycles. The molecule has 4 amide bonds. The molecule has 3 atom stereocenters. The number of carbonyl (C=O) groups excluding carboxylic acids is 4. The fourth-order valence-electron chi connectivity index (χ4n) is 6.65. The van der Waals surface area contributed by atoms with Gasteiger partial charge in [-0.3, -0.25) is 19.3 Å². The van der Waals surface area contributed by atoms with E-state index in [0.717, 1.165) is 43.4 Å². The van der Waals surface area contributed by atoms with Crippen LogP contribution < -0.4 is 15.4 Å². The molecule has 2 fully saturated rings. The number of benzene rings is 1. The van der Waals surface area contributed by atoms with Crippen molar-refractivity contribution in [2.75, 3.05) is 66.4 Å². The predicted octanol–water partition coefficient (Wildman–Crippen LogP) is 5.05. The van der Waals surface area contributed by atoms with Crippen molar-refractivity contribution >= 4 is 41.1 Å². The van der Waals surface area contributed by atoms with Crippen LogP contribution in [0.25, 0.3) is 0 Å². The Balaban J connectivity index is 1.21. The first-order valence-electron chi connectivity index (χ1n) is 19.7. The highest BCUT2D eigenvalue weighted by Gasteiger charge is 2.40. The summed E-state index contributed by atoms with van der Waals surface area (Å²) in [7, 11) is 1.33. The zero-order chi connectivity index (χ0) is 41.4. The lowest BCUT2D eigenvalue weighted by Crippen LogP contribution is -2.56. The van der Waals surface area contributed by atoms with Crippen molar-refractivity contribution in [2.24, 2.45) is 5.92 Å². The van der Waals surface area contributed by atoms with Gasteiger partial charge in [-0.2, -0.15) is 0 Å². The molecule has 1 saturated carbocycles. The first-order valence-corrected chi connectivity index (χ1v) is 20.6. The number of likely N-dealkylation sites (N-methyl/N-ethyl adjacent to an activating group) is 1. The van der Waals surface area contributed by atoms with E-state index in [1.165, 1.54) is 25.3 Å². The molecule has 2 heterocycles. The van der Waals surface area contributed by atoms with E-state index in [0.29, 0.717) is 75.5 Å². The molecule has 17 heteroatoms. The van der Waals surface area contributed by atoms with Crippen molar-refractivity contribution in [3.63, 3.8) is 0 Å². The number of likely N-dealkylation sites (tertiary alicyclic amines) is 1. The van der Waals surface area contributed by atoms with Crippen LogP contribution in [0.4, 0.5) is 9.59 Å². The summed E-state index contributed by atoms with van der Waals surface area (Å²) < 4.78 is 27.5. The summed E-state index contributed by atoms with van der Waals surface area (Å²) in [6, 6.07) is 4.81. The molecule has 1 aliphatic heterocycles. The van der Waals surface area contributed by atoms with E-state index in [9.17, 15) is 29.1 Å². The Bertz CT molecular complexity index is 1630. The lowest BCUT2D eigenvalue weighted by molar-refractivity contribution is -0.140. The number of alkyl carbamates (subject to hydrolysis) is 1. The Labute approximate surface area is 338 Å². The van der Waals surface area contributed by atoms with Gasteiger partial charge >= 0.3 is 12.2 Å². The van der Waals surface area contributed by atoms with Gasteiger partial charge in [-0.15, -0.1) is 11.3 Å². The summed E-state index contributed by atoms with van der Waals surface area (Å²) >= 11 is 1.33. The van der Waals surface area contributed by atoms with Gasteiger partial charge in [0.05, 0.1) is 45.7 Å². The van der Waals surface area contributed by atoms with Gasteiger partial charge in [0.15, 0.2) is 0 Å². The van der Waals surface area contributed by atoms with Crippen molar-refractivity contribution in [1.29, 1.82) is 0 Å². The lowest BCUT2D eigenvalue weighted by Gasteiger charge is -2.35. The maximum absolute atomic E-state index is 14.2. The third-order valence-electron chi connectivity index (χ3n) is 9.77. The highest BCUT2D eigenvalue weighted by molar-refractivity contribution is 7.10. The monoisotopic (exact) mass is 817 g/mol. The van der Waals surface area contributed by atoms with Crippen LogP contribution in [0.3, 0.4) is 0 Å².